The summed E-state index contributed by atoms with van der Waals surface area (Å²) in [4.78, 5) is 56.5. The van der Waals surface area contributed by atoms with Gasteiger partial charge in [-0.15, -0.1) is 0 Å². The van der Waals surface area contributed by atoms with Crippen LogP contribution in [0.4, 0.5) is 17.2 Å². The van der Waals surface area contributed by atoms with E-state index in [-0.39, 0.29) is 29.8 Å². The second-order valence-corrected chi connectivity index (χ2v) is 15.7. The topological polar surface area (TPSA) is 116 Å². The lowest BCUT2D eigenvalue weighted by atomic mass is 9.73. The van der Waals surface area contributed by atoms with E-state index in [2.05, 4.69) is 57.0 Å². The molecule has 0 bridgehead atoms. The largest absolute Gasteiger partial charge is 0.355 e. The molecule has 2 N–H and O–H groups in total. The first kappa shape index (κ1) is 35.3. The van der Waals surface area contributed by atoms with Crippen LogP contribution >= 0.6 is 0 Å². The van der Waals surface area contributed by atoms with Crippen molar-refractivity contribution in [1.29, 1.82) is 0 Å². The first-order valence-electron chi connectivity index (χ1n) is 19.6. The van der Waals surface area contributed by atoms with E-state index in [9.17, 15) is 14.4 Å². The van der Waals surface area contributed by atoms with Crippen molar-refractivity contribution >= 4 is 45.9 Å². The molecule has 1 atom stereocenters. The van der Waals surface area contributed by atoms with E-state index in [4.69, 9.17) is 9.97 Å². The van der Waals surface area contributed by atoms with E-state index < -0.39 is 5.41 Å². The fraction of sp³-hybridized carbons (Fsp3) is 0.500. The number of piperidine rings is 2. The molecule has 4 aliphatic rings. The normalized spacial score (nSPS) is 21.8. The molecular formula is C42H52N8O3. The number of nitrogens with zero attached hydrogens (tertiary/aromatic N) is 6. The molecule has 2 saturated heterocycles. The molecule has 1 saturated carbocycles. The molecule has 0 radical (unpaired) electrons. The van der Waals surface area contributed by atoms with Crippen LogP contribution in [0.1, 0.15) is 99.7 Å². The van der Waals surface area contributed by atoms with Gasteiger partial charge in [0.05, 0.1) is 23.0 Å². The minimum absolute atomic E-state index is 0.0678. The summed E-state index contributed by atoms with van der Waals surface area (Å²) >= 11 is 0. The van der Waals surface area contributed by atoms with Gasteiger partial charge in [-0.25, -0.2) is 9.97 Å². The van der Waals surface area contributed by atoms with Gasteiger partial charge < -0.3 is 29.9 Å². The molecule has 2 aromatic heterocycles. The van der Waals surface area contributed by atoms with Gasteiger partial charge in [0.2, 0.25) is 11.8 Å². The average Bonchev–Trinajstić information content (AvgIpc) is 3.69. The van der Waals surface area contributed by atoms with Gasteiger partial charge >= 0.3 is 0 Å². The van der Waals surface area contributed by atoms with Crippen molar-refractivity contribution in [2.75, 3.05) is 43.4 Å². The number of anilines is 3. The van der Waals surface area contributed by atoms with Crippen molar-refractivity contribution < 1.29 is 14.4 Å². The Bertz CT molecular complexity index is 2070. The molecule has 5 heterocycles. The first-order valence-corrected chi connectivity index (χ1v) is 19.6. The highest BCUT2D eigenvalue weighted by atomic mass is 16.2. The summed E-state index contributed by atoms with van der Waals surface area (Å²) in [5.41, 5.74) is 7.10. The van der Waals surface area contributed by atoms with Gasteiger partial charge in [0.25, 0.3) is 5.91 Å². The molecule has 0 unspecified atom stereocenters. The number of carbonyl (C=O) groups is 3. The number of hydrogen-bond donors (Lipinski definition) is 2. The number of likely N-dealkylation sites (tertiary alicyclic amines) is 2. The first-order chi connectivity index (χ1) is 25.6. The number of rotatable bonds is 8. The highest BCUT2D eigenvalue weighted by molar-refractivity contribution is 6.09. The van der Waals surface area contributed by atoms with Crippen molar-refractivity contribution in [3.05, 3.63) is 65.5 Å². The Labute approximate surface area is 312 Å². The lowest BCUT2D eigenvalue weighted by Crippen LogP contribution is -2.58. The average molecular weight is 717 g/mol. The molecule has 4 aromatic rings. The fourth-order valence-corrected chi connectivity index (χ4v) is 9.19. The Kier molecular flexibility index (Phi) is 9.25. The summed E-state index contributed by atoms with van der Waals surface area (Å²) in [6.45, 7) is 11.4. The highest BCUT2D eigenvalue weighted by Crippen LogP contribution is 2.52. The Morgan fingerprint density at radius 2 is 1.74 bits per heavy atom. The number of aromatic nitrogens is 3. The van der Waals surface area contributed by atoms with Gasteiger partial charge in [-0.05, 0) is 107 Å². The monoisotopic (exact) mass is 716 g/mol. The third-order valence-electron chi connectivity index (χ3n) is 12.7. The highest BCUT2D eigenvalue weighted by Gasteiger charge is 2.55. The zero-order chi connectivity index (χ0) is 37.0. The molecular weight excluding hydrogens is 665 g/mol. The van der Waals surface area contributed by atoms with Crippen LogP contribution in [0.2, 0.25) is 0 Å². The second-order valence-electron chi connectivity index (χ2n) is 15.7. The van der Waals surface area contributed by atoms with Gasteiger partial charge in [0.1, 0.15) is 5.52 Å². The lowest BCUT2D eigenvalue weighted by Gasteiger charge is -2.48. The van der Waals surface area contributed by atoms with Crippen molar-refractivity contribution in [3.8, 4) is 11.3 Å². The van der Waals surface area contributed by atoms with Crippen LogP contribution in [0.3, 0.4) is 0 Å². The molecule has 3 fully saturated rings. The standard InChI is InChI=1S/C42H52N8O3/c1-6-27(3)49-25-44-36-24-35(46-39(38(36)49)45-30-12-10-26(2)33(21-30)40(52)43-5)29-11-13-34-37(20-29)50(32-22-31(23-32)48-16-8-7-9-17-48)41(53)42(34)14-18-47(19-15-42)28(4)51/h10-13,20-21,24-25,27,31-32H,6-9,14-19,22-23H2,1-5H3,(H,43,52)(H,45,46)/t27-,31-,32+/m0/s1. The van der Waals surface area contributed by atoms with Crippen molar-refractivity contribution in [2.24, 2.45) is 0 Å². The summed E-state index contributed by atoms with van der Waals surface area (Å²) in [5, 5.41) is 6.30. The van der Waals surface area contributed by atoms with Crippen LogP contribution in [0.25, 0.3) is 22.3 Å². The molecule has 11 nitrogen and oxygen atoms in total. The molecule has 2 aromatic carbocycles. The van der Waals surface area contributed by atoms with Crippen LogP contribution in [0.15, 0.2) is 48.8 Å². The molecule has 11 heteroatoms. The van der Waals surface area contributed by atoms with E-state index in [1.54, 1.807) is 14.0 Å². The number of aryl methyl sites for hydroxylation is 1. The summed E-state index contributed by atoms with van der Waals surface area (Å²) < 4.78 is 2.16. The Morgan fingerprint density at radius 3 is 2.43 bits per heavy atom. The molecule has 278 valence electrons. The summed E-state index contributed by atoms with van der Waals surface area (Å²) in [5.74, 6) is 0.780. The van der Waals surface area contributed by atoms with Crippen molar-refractivity contribution in [2.45, 2.75) is 103 Å². The van der Waals surface area contributed by atoms with Crippen molar-refractivity contribution in [3.63, 3.8) is 0 Å². The summed E-state index contributed by atoms with van der Waals surface area (Å²) in [7, 11) is 1.64. The van der Waals surface area contributed by atoms with Crippen LogP contribution in [-0.2, 0) is 15.0 Å². The molecule has 8 rings (SSSR count). The Balaban J connectivity index is 1.19. The number of amides is 3. The fourth-order valence-electron chi connectivity index (χ4n) is 9.19. The van der Waals surface area contributed by atoms with Gasteiger partial charge in [-0.3, -0.25) is 14.4 Å². The molecule has 3 aliphatic heterocycles. The molecule has 1 spiro atoms. The third-order valence-corrected chi connectivity index (χ3v) is 12.7. The second kappa shape index (κ2) is 13.9. The van der Waals surface area contributed by atoms with Crippen LogP contribution in [0.5, 0.6) is 0 Å². The van der Waals surface area contributed by atoms with E-state index in [1.807, 2.05) is 42.4 Å². The lowest BCUT2D eigenvalue weighted by molar-refractivity contribution is -0.134. The van der Waals surface area contributed by atoms with Crippen molar-refractivity contribution in [1.82, 2.24) is 29.7 Å². The van der Waals surface area contributed by atoms with Crippen LogP contribution in [0, 0.1) is 6.92 Å². The number of pyridine rings is 1. The smallest absolute Gasteiger partial charge is 0.251 e. The number of carbonyl (C=O) groups excluding carboxylic acids is 3. The summed E-state index contributed by atoms with van der Waals surface area (Å²) in [6, 6.07) is 15.1. The number of hydrogen-bond acceptors (Lipinski definition) is 7. The Morgan fingerprint density at radius 1 is 0.981 bits per heavy atom. The van der Waals surface area contributed by atoms with Gasteiger partial charge in [-0.1, -0.05) is 31.5 Å². The minimum Gasteiger partial charge on any atom is -0.355 e. The SMILES string of the molecule is CC[C@H](C)n1cnc2cc(-c3ccc4c(c3)N([C@H]3C[C@@H](N5CCCCC5)C3)C(=O)C43CCN(C(C)=O)CC3)nc(Nc3ccc(C)c(C(=O)NC)c3)c21. The quantitative estimate of drug-likeness (QED) is 0.208. The molecule has 3 amide bonds. The van der Waals surface area contributed by atoms with Crippen LogP contribution in [-0.4, -0.2) is 87.4 Å². The molecule has 1 aliphatic carbocycles. The molecule has 53 heavy (non-hydrogen) atoms. The number of benzene rings is 2. The van der Waals surface area contributed by atoms with Gasteiger partial charge in [0, 0.05) is 67.7 Å². The summed E-state index contributed by atoms with van der Waals surface area (Å²) in [6.07, 6.45) is 9.89. The number of fused-ring (bicyclic) bond motifs is 3. The minimum atomic E-state index is -0.622. The zero-order valence-corrected chi connectivity index (χ0v) is 31.7. The Hall–Kier alpha value is -4.77. The number of imidazole rings is 1. The van der Waals surface area contributed by atoms with E-state index in [1.165, 1.54) is 19.3 Å². The maximum absolute atomic E-state index is 14.8. The maximum Gasteiger partial charge on any atom is 0.251 e. The van der Waals surface area contributed by atoms with Gasteiger partial charge in [-0.2, -0.15) is 0 Å². The number of nitrogens with one attached hydrogen (secondary N) is 2. The van der Waals surface area contributed by atoms with Crippen LogP contribution < -0.4 is 15.5 Å². The predicted octanol–water partition coefficient (Wildman–Crippen LogP) is 6.72. The van der Waals surface area contributed by atoms with E-state index in [0.717, 1.165) is 77.1 Å². The van der Waals surface area contributed by atoms with E-state index >= 15 is 0 Å². The zero-order valence-electron chi connectivity index (χ0n) is 31.7. The third kappa shape index (κ3) is 6.06. The predicted molar refractivity (Wildman–Crippen MR) is 209 cm³/mol. The van der Waals surface area contributed by atoms with Gasteiger partial charge in [0.15, 0.2) is 5.82 Å². The van der Waals surface area contributed by atoms with E-state index in [0.29, 0.717) is 43.4 Å². The maximum atomic E-state index is 14.8.